The second-order valence-electron chi connectivity index (χ2n) is 2.85. The summed E-state index contributed by atoms with van der Waals surface area (Å²) in [5, 5.41) is 25.5. The third-order valence-electron chi connectivity index (χ3n) is 1.25. The first-order chi connectivity index (χ1) is 6.85. The second kappa shape index (κ2) is 10.5. The molecule has 0 aliphatic rings. The van der Waals surface area contributed by atoms with Crippen molar-refractivity contribution in [2.45, 2.75) is 0 Å². The smallest absolute Gasteiger partial charge is 0.322 e. The van der Waals surface area contributed by atoms with Crippen LogP contribution in [0.3, 0.4) is 0 Å². The number of nitrogens with zero attached hydrogens (tertiary/aromatic N) is 1. The molecule has 0 spiro atoms. The van der Waals surface area contributed by atoms with Gasteiger partial charge in [-0.3, -0.25) is 9.46 Å². The van der Waals surface area contributed by atoms with E-state index in [2.05, 4.69) is 0 Å². The number of aliphatic hydroxyl groups excluding tert-OH is 3. The highest BCUT2D eigenvalue weighted by Gasteiger charge is 2.00. The normalized spacial score (nSPS) is 11.1. The lowest BCUT2D eigenvalue weighted by Crippen LogP contribution is -2.32. The van der Waals surface area contributed by atoms with Gasteiger partial charge >= 0.3 is 7.60 Å². The van der Waals surface area contributed by atoms with E-state index in [0.717, 1.165) is 6.66 Å². The molecule has 0 rings (SSSR count). The molecule has 0 aliphatic carbocycles. The average molecular weight is 245 g/mol. The molecule has 94 valence electrons. The van der Waals surface area contributed by atoms with Crippen molar-refractivity contribution < 1.29 is 29.7 Å². The zero-order chi connectivity index (χ0) is 12.3. The Hall–Kier alpha value is -0.0100. The molecule has 0 bridgehead atoms. The van der Waals surface area contributed by atoms with E-state index in [4.69, 9.17) is 25.1 Å². The second-order valence-corrected chi connectivity index (χ2v) is 4.52. The minimum absolute atomic E-state index is 0.0694. The van der Waals surface area contributed by atoms with Gasteiger partial charge in [0, 0.05) is 26.3 Å². The lowest BCUT2D eigenvalue weighted by atomic mass is 10.4. The SMILES string of the molecule is CP(=O)(O)O.OCCN(CCO)CCO. The summed E-state index contributed by atoms with van der Waals surface area (Å²) in [6, 6.07) is 0. The molecular weight excluding hydrogens is 225 g/mol. The molecular formula is C7H20NO6P. The van der Waals surface area contributed by atoms with Crippen molar-refractivity contribution >= 4 is 7.60 Å². The lowest BCUT2D eigenvalue weighted by molar-refractivity contribution is 0.136. The molecule has 15 heavy (non-hydrogen) atoms. The standard InChI is InChI=1S/C6H15NO3.CH5O3P/c8-4-1-7(2-5-9)3-6-10;1-5(2,3)4/h8-10H,1-6H2;1H3,(H2,2,3,4). The summed E-state index contributed by atoms with van der Waals surface area (Å²) in [7, 11) is -3.64. The molecule has 0 atom stereocenters. The van der Waals surface area contributed by atoms with Crippen LogP contribution in [0.4, 0.5) is 0 Å². The molecule has 7 nitrogen and oxygen atoms in total. The molecule has 8 heteroatoms. The van der Waals surface area contributed by atoms with E-state index in [-0.39, 0.29) is 19.8 Å². The first kappa shape index (κ1) is 17.4. The Morgan fingerprint density at radius 1 is 0.933 bits per heavy atom. The predicted octanol–water partition coefficient (Wildman–Crippen LogP) is -1.94. The Morgan fingerprint density at radius 2 is 1.13 bits per heavy atom. The third kappa shape index (κ3) is 24.9. The summed E-state index contributed by atoms with van der Waals surface area (Å²) in [6.45, 7) is 2.61. The van der Waals surface area contributed by atoms with E-state index in [0.29, 0.717) is 19.6 Å². The Balaban J connectivity index is 0. The monoisotopic (exact) mass is 245 g/mol. The van der Waals surface area contributed by atoms with E-state index < -0.39 is 7.60 Å². The highest BCUT2D eigenvalue weighted by atomic mass is 31.2. The van der Waals surface area contributed by atoms with Gasteiger partial charge in [0.15, 0.2) is 0 Å². The number of hydrogen-bond acceptors (Lipinski definition) is 5. The van der Waals surface area contributed by atoms with E-state index in [1.165, 1.54) is 0 Å². The topological polar surface area (TPSA) is 121 Å². The Bertz CT molecular complexity index is 150. The van der Waals surface area contributed by atoms with Gasteiger partial charge in [0.25, 0.3) is 0 Å². The summed E-state index contributed by atoms with van der Waals surface area (Å²) in [5.74, 6) is 0. The van der Waals surface area contributed by atoms with E-state index in [1.54, 1.807) is 4.90 Å². The molecule has 5 N–H and O–H groups in total. The van der Waals surface area contributed by atoms with Crippen LogP contribution in [-0.2, 0) is 4.57 Å². The molecule has 0 aromatic carbocycles. The van der Waals surface area contributed by atoms with Crippen molar-refractivity contribution in [2.75, 3.05) is 46.1 Å². The molecule has 0 fully saturated rings. The van der Waals surface area contributed by atoms with Crippen LogP contribution in [0.2, 0.25) is 0 Å². The molecule has 0 heterocycles. The van der Waals surface area contributed by atoms with Crippen LogP contribution in [0.25, 0.3) is 0 Å². The summed E-state index contributed by atoms with van der Waals surface area (Å²) in [4.78, 5) is 17.1. The van der Waals surface area contributed by atoms with Gasteiger partial charge in [0.1, 0.15) is 0 Å². The predicted molar refractivity (Wildman–Crippen MR) is 55.7 cm³/mol. The van der Waals surface area contributed by atoms with Gasteiger partial charge in [-0.05, 0) is 0 Å². The molecule has 0 saturated carbocycles. The van der Waals surface area contributed by atoms with Gasteiger partial charge in [-0.2, -0.15) is 0 Å². The first-order valence-corrected chi connectivity index (χ1v) is 6.49. The highest BCUT2D eigenvalue weighted by molar-refractivity contribution is 7.50. The van der Waals surface area contributed by atoms with Crippen LogP contribution in [0.5, 0.6) is 0 Å². The molecule has 0 amide bonds. The van der Waals surface area contributed by atoms with Crippen molar-refractivity contribution in [1.29, 1.82) is 0 Å². The summed E-state index contributed by atoms with van der Waals surface area (Å²) >= 11 is 0. The van der Waals surface area contributed by atoms with Crippen molar-refractivity contribution in [3.05, 3.63) is 0 Å². The van der Waals surface area contributed by atoms with Crippen LogP contribution in [0.1, 0.15) is 0 Å². The van der Waals surface area contributed by atoms with Gasteiger partial charge in [0.2, 0.25) is 0 Å². The fourth-order valence-corrected chi connectivity index (χ4v) is 0.760. The molecule has 0 unspecified atom stereocenters. The van der Waals surface area contributed by atoms with E-state index >= 15 is 0 Å². The molecule has 0 aromatic heterocycles. The Kier molecular flexibility index (Phi) is 12.2. The maximum atomic E-state index is 9.33. The molecule has 0 radical (unpaired) electrons. The van der Waals surface area contributed by atoms with Crippen molar-refractivity contribution in [1.82, 2.24) is 4.90 Å². The maximum absolute atomic E-state index is 9.33. The van der Waals surface area contributed by atoms with Crippen LogP contribution in [-0.4, -0.2) is 76.1 Å². The van der Waals surface area contributed by atoms with Crippen LogP contribution in [0, 0.1) is 0 Å². The minimum Gasteiger partial charge on any atom is -0.395 e. The van der Waals surface area contributed by atoms with Crippen LogP contribution in [0.15, 0.2) is 0 Å². The average Bonchev–Trinajstić information content (AvgIpc) is 2.02. The molecule has 0 saturated heterocycles. The lowest BCUT2D eigenvalue weighted by Gasteiger charge is -2.17. The Morgan fingerprint density at radius 3 is 1.27 bits per heavy atom. The Labute approximate surface area is 89.1 Å². The van der Waals surface area contributed by atoms with Gasteiger partial charge < -0.3 is 25.1 Å². The first-order valence-electron chi connectivity index (χ1n) is 4.43. The molecule has 0 aromatic rings. The minimum atomic E-state index is -3.64. The zero-order valence-corrected chi connectivity index (χ0v) is 9.68. The molecule has 0 aliphatic heterocycles. The maximum Gasteiger partial charge on any atom is 0.322 e. The van der Waals surface area contributed by atoms with Gasteiger partial charge in [-0.25, -0.2) is 0 Å². The fourth-order valence-electron chi connectivity index (χ4n) is 0.760. The summed E-state index contributed by atoms with van der Waals surface area (Å²) < 4.78 is 9.33. The van der Waals surface area contributed by atoms with E-state index in [1.807, 2.05) is 0 Å². The van der Waals surface area contributed by atoms with Gasteiger partial charge in [-0.1, -0.05) is 0 Å². The summed E-state index contributed by atoms with van der Waals surface area (Å²) in [6.07, 6.45) is 0. The van der Waals surface area contributed by atoms with Crippen LogP contribution < -0.4 is 0 Å². The van der Waals surface area contributed by atoms with Crippen molar-refractivity contribution in [3.8, 4) is 0 Å². The number of hydrogen-bond donors (Lipinski definition) is 5. The number of rotatable bonds is 6. The summed E-state index contributed by atoms with van der Waals surface area (Å²) in [5.41, 5.74) is 0. The van der Waals surface area contributed by atoms with E-state index in [9.17, 15) is 4.57 Å². The largest absolute Gasteiger partial charge is 0.395 e. The third-order valence-corrected chi connectivity index (χ3v) is 1.25. The van der Waals surface area contributed by atoms with Gasteiger partial charge in [-0.15, -0.1) is 0 Å². The fraction of sp³-hybridized carbons (Fsp3) is 1.00. The van der Waals surface area contributed by atoms with Crippen molar-refractivity contribution in [2.24, 2.45) is 0 Å². The quantitative estimate of drug-likeness (QED) is 0.345. The van der Waals surface area contributed by atoms with Gasteiger partial charge in [0.05, 0.1) is 19.8 Å². The number of aliphatic hydroxyl groups is 3. The van der Waals surface area contributed by atoms with Crippen molar-refractivity contribution in [3.63, 3.8) is 0 Å². The van der Waals surface area contributed by atoms with Crippen LogP contribution >= 0.6 is 7.60 Å². The zero-order valence-electron chi connectivity index (χ0n) is 8.78. The highest BCUT2D eigenvalue weighted by Crippen LogP contribution is 2.26.